The number of carboxylic acids is 1. The molecule has 2 N–H and O–H groups in total. The number of fused-ring (bicyclic) bond motifs is 1. The summed E-state index contributed by atoms with van der Waals surface area (Å²) in [6.45, 7) is 0.104. The maximum absolute atomic E-state index is 13.0. The number of benzene rings is 1. The van der Waals surface area contributed by atoms with E-state index in [9.17, 15) is 18.0 Å². The highest BCUT2D eigenvalue weighted by Gasteiger charge is 2.32. The third-order valence-electron chi connectivity index (χ3n) is 4.36. The van der Waals surface area contributed by atoms with Gasteiger partial charge in [0.05, 0.1) is 22.2 Å². The van der Waals surface area contributed by atoms with Gasteiger partial charge in [0.2, 0.25) is 5.82 Å². The molecule has 0 saturated heterocycles. The Hall–Kier alpha value is -3.15. The van der Waals surface area contributed by atoms with Crippen molar-refractivity contribution in [3.63, 3.8) is 0 Å². The Morgan fingerprint density at radius 3 is 2.62 bits per heavy atom. The van der Waals surface area contributed by atoms with E-state index in [1.54, 1.807) is 18.2 Å². The largest absolute Gasteiger partial charge is 0.480 e. The van der Waals surface area contributed by atoms with E-state index >= 15 is 0 Å². The number of carboxylic acid groups (broad SMARTS) is 1. The Bertz CT molecular complexity index is 1320. The summed E-state index contributed by atoms with van der Waals surface area (Å²) in [4.78, 5) is 19.0. The van der Waals surface area contributed by atoms with Crippen molar-refractivity contribution in [2.75, 3.05) is 6.54 Å². The molecule has 0 saturated carbocycles. The Labute approximate surface area is 187 Å². The van der Waals surface area contributed by atoms with Gasteiger partial charge in [-0.2, -0.15) is 18.2 Å². The van der Waals surface area contributed by atoms with E-state index in [0.717, 1.165) is 22.2 Å². The van der Waals surface area contributed by atoms with Gasteiger partial charge in [0.1, 0.15) is 5.69 Å². The predicted molar refractivity (Wildman–Crippen MR) is 108 cm³/mol. The fraction of sp³-hybridized carbons (Fsp3) is 0.158. The molecule has 4 aromatic rings. The smallest absolute Gasteiger partial charge is 0.417 e. The molecule has 0 aliphatic rings. The molecular weight excluding hydrogens is 474 g/mol. The highest BCUT2D eigenvalue weighted by molar-refractivity contribution is 6.33. The number of aliphatic carboxylic acids is 1. The summed E-state index contributed by atoms with van der Waals surface area (Å²) in [5.41, 5.74) is 0.514. The number of halogens is 5. The van der Waals surface area contributed by atoms with Crippen LogP contribution in [0.2, 0.25) is 10.0 Å². The van der Waals surface area contributed by atoms with Crippen LogP contribution in [0.25, 0.3) is 28.6 Å². The van der Waals surface area contributed by atoms with Crippen molar-refractivity contribution >= 4 is 34.8 Å². The molecule has 0 aliphatic heterocycles. The number of hydrogen-bond acceptors (Lipinski definition) is 6. The van der Waals surface area contributed by atoms with Crippen LogP contribution in [0.5, 0.6) is 0 Å². The first-order valence-corrected chi connectivity index (χ1v) is 9.68. The maximum atomic E-state index is 13.0. The lowest BCUT2D eigenvalue weighted by Crippen LogP contribution is -2.21. The number of pyridine rings is 1. The molecule has 3 heterocycles. The van der Waals surface area contributed by atoms with Gasteiger partial charge in [-0.3, -0.25) is 4.79 Å². The number of hydrogen-bond donors (Lipinski definition) is 2. The van der Waals surface area contributed by atoms with Crippen molar-refractivity contribution in [3.8, 4) is 23.0 Å². The molecule has 0 unspecified atom stereocenters. The van der Waals surface area contributed by atoms with Gasteiger partial charge in [0.25, 0.3) is 5.89 Å². The molecule has 0 bridgehead atoms. The fourth-order valence-corrected chi connectivity index (χ4v) is 3.46. The van der Waals surface area contributed by atoms with Gasteiger partial charge in [-0.15, -0.1) is 0 Å². The number of imidazole rings is 1. The van der Waals surface area contributed by atoms with E-state index < -0.39 is 17.7 Å². The van der Waals surface area contributed by atoms with Crippen molar-refractivity contribution in [1.29, 1.82) is 0 Å². The van der Waals surface area contributed by atoms with Gasteiger partial charge >= 0.3 is 12.1 Å². The van der Waals surface area contributed by atoms with Crippen molar-refractivity contribution in [3.05, 3.63) is 57.8 Å². The minimum Gasteiger partial charge on any atom is -0.480 e. The van der Waals surface area contributed by atoms with E-state index in [4.69, 9.17) is 32.8 Å². The van der Waals surface area contributed by atoms with Gasteiger partial charge in [0, 0.05) is 24.5 Å². The standard InChI is InChI=1S/C19H12Cl2F3N5O3/c20-12-3-9(5-25-6-15(30)31)1-2-11(12)16-27-18(32-28-16)14-8-29-7-10(19(22,23)24)4-13(21)17(29)26-14/h1-4,7-8,25H,5-6H2,(H,30,31). The van der Waals surface area contributed by atoms with Gasteiger partial charge in [-0.1, -0.05) is 34.4 Å². The lowest BCUT2D eigenvalue weighted by atomic mass is 10.1. The number of alkyl halides is 3. The van der Waals surface area contributed by atoms with Crippen molar-refractivity contribution < 1.29 is 27.6 Å². The molecular formula is C19H12Cl2F3N5O3. The first-order chi connectivity index (χ1) is 15.1. The third-order valence-corrected chi connectivity index (χ3v) is 4.95. The number of nitrogens with one attached hydrogen (secondary N) is 1. The zero-order chi connectivity index (χ0) is 23.0. The molecule has 1 aromatic carbocycles. The van der Waals surface area contributed by atoms with E-state index in [0.29, 0.717) is 17.1 Å². The van der Waals surface area contributed by atoms with Crippen LogP contribution < -0.4 is 5.32 Å². The Balaban J connectivity index is 1.61. The minimum atomic E-state index is -4.56. The lowest BCUT2D eigenvalue weighted by Gasteiger charge is -2.07. The molecule has 0 fully saturated rings. The van der Waals surface area contributed by atoms with Crippen LogP contribution in [0.3, 0.4) is 0 Å². The normalized spacial score (nSPS) is 11.9. The average Bonchev–Trinajstić information content (AvgIpc) is 3.34. The molecule has 4 rings (SSSR count). The average molecular weight is 486 g/mol. The van der Waals surface area contributed by atoms with Crippen molar-refractivity contribution in [2.24, 2.45) is 0 Å². The maximum Gasteiger partial charge on any atom is 0.417 e. The van der Waals surface area contributed by atoms with E-state index in [2.05, 4.69) is 20.4 Å². The second-order valence-electron chi connectivity index (χ2n) is 6.67. The molecule has 0 amide bonds. The summed E-state index contributed by atoms with van der Waals surface area (Å²) < 4.78 is 45.4. The second kappa shape index (κ2) is 8.41. The first kappa shape index (κ1) is 22.1. The van der Waals surface area contributed by atoms with Crippen LogP contribution in [-0.2, 0) is 17.5 Å². The SMILES string of the molecule is O=C(O)CNCc1ccc(-c2noc(-c3cn4cc(C(F)(F)F)cc(Cl)c4n3)n2)c(Cl)c1. The zero-order valence-electron chi connectivity index (χ0n) is 15.8. The topological polar surface area (TPSA) is 106 Å². The number of aromatic nitrogens is 4. The first-order valence-electron chi connectivity index (χ1n) is 8.92. The van der Waals surface area contributed by atoms with Crippen LogP contribution in [0, 0.1) is 0 Å². The molecule has 32 heavy (non-hydrogen) atoms. The molecule has 8 nitrogen and oxygen atoms in total. The van der Waals surface area contributed by atoms with Crippen molar-refractivity contribution in [2.45, 2.75) is 12.7 Å². The molecule has 0 aliphatic carbocycles. The van der Waals surface area contributed by atoms with Gasteiger partial charge < -0.3 is 19.3 Å². The summed E-state index contributed by atoms with van der Waals surface area (Å²) >= 11 is 12.3. The van der Waals surface area contributed by atoms with Gasteiger partial charge in [-0.25, -0.2) is 4.98 Å². The number of nitrogens with zero attached hydrogens (tertiary/aromatic N) is 4. The third kappa shape index (κ3) is 4.54. The Morgan fingerprint density at radius 1 is 1.16 bits per heavy atom. The number of carbonyl (C=O) groups is 1. The van der Waals surface area contributed by atoms with Crippen LogP contribution >= 0.6 is 23.2 Å². The van der Waals surface area contributed by atoms with Crippen LogP contribution in [-0.4, -0.2) is 37.1 Å². The molecule has 3 aromatic heterocycles. The summed E-state index contributed by atoms with van der Waals surface area (Å²) in [5.74, 6) is -0.860. The summed E-state index contributed by atoms with van der Waals surface area (Å²) in [5, 5.41) is 15.4. The minimum absolute atomic E-state index is 0.0309. The van der Waals surface area contributed by atoms with Crippen molar-refractivity contribution in [1.82, 2.24) is 24.8 Å². The summed E-state index contributed by atoms with van der Waals surface area (Å²) in [7, 11) is 0. The number of rotatable bonds is 6. The summed E-state index contributed by atoms with van der Waals surface area (Å²) in [6.07, 6.45) is -2.40. The van der Waals surface area contributed by atoms with Crippen LogP contribution in [0.1, 0.15) is 11.1 Å². The lowest BCUT2D eigenvalue weighted by molar-refractivity contribution is -0.138. The molecule has 166 valence electrons. The predicted octanol–water partition coefficient (Wildman–Crippen LogP) is 4.55. The van der Waals surface area contributed by atoms with E-state index in [1.807, 2.05) is 0 Å². The molecule has 0 spiro atoms. The van der Waals surface area contributed by atoms with E-state index in [-0.39, 0.29) is 34.6 Å². The second-order valence-corrected chi connectivity index (χ2v) is 7.48. The molecule has 0 radical (unpaired) electrons. The molecule has 0 atom stereocenters. The highest BCUT2D eigenvalue weighted by atomic mass is 35.5. The highest BCUT2D eigenvalue weighted by Crippen LogP contribution is 2.33. The summed E-state index contributed by atoms with van der Waals surface area (Å²) in [6, 6.07) is 5.78. The Morgan fingerprint density at radius 2 is 1.94 bits per heavy atom. The molecule has 13 heteroatoms. The van der Waals surface area contributed by atoms with Crippen LogP contribution in [0.15, 0.2) is 41.2 Å². The van der Waals surface area contributed by atoms with Crippen LogP contribution in [0.4, 0.5) is 13.2 Å². The van der Waals surface area contributed by atoms with Gasteiger partial charge in [0.15, 0.2) is 5.65 Å². The quantitative estimate of drug-likeness (QED) is 0.412. The fourth-order valence-electron chi connectivity index (χ4n) is 2.92. The van der Waals surface area contributed by atoms with E-state index in [1.165, 1.54) is 6.20 Å². The monoisotopic (exact) mass is 485 g/mol. The van der Waals surface area contributed by atoms with Gasteiger partial charge in [-0.05, 0) is 23.8 Å². The Kier molecular flexibility index (Phi) is 5.80. The zero-order valence-corrected chi connectivity index (χ0v) is 17.3.